The lowest BCUT2D eigenvalue weighted by molar-refractivity contribution is 0.0786. The second-order valence-electron chi connectivity index (χ2n) is 6.08. The number of carbonyl (C=O) groups is 1. The molecule has 122 valence electrons. The van der Waals surface area contributed by atoms with E-state index in [0.29, 0.717) is 30.3 Å². The molecule has 2 aromatic rings. The quantitative estimate of drug-likeness (QED) is 0.942. The van der Waals surface area contributed by atoms with Gasteiger partial charge in [-0.15, -0.1) is 0 Å². The van der Waals surface area contributed by atoms with Gasteiger partial charge in [0.15, 0.2) is 0 Å². The van der Waals surface area contributed by atoms with E-state index in [2.05, 4.69) is 5.10 Å². The van der Waals surface area contributed by atoms with Crippen LogP contribution in [0.4, 0.5) is 4.39 Å². The van der Waals surface area contributed by atoms with Crippen molar-refractivity contribution in [1.29, 1.82) is 0 Å². The average molecular weight is 316 g/mol. The molecular weight excluding hydrogens is 295 g/mol. The molecule has 0 saturated carbocycles. The van der Waals surface area contributed by atoms with Crippen LogP contribution in [-0.4, -0.2) is 40.2 Å². The lowest BCUT2D eigenvalue weighted by Crippen LogP contribution is -2.30. The number of benzene rings is 1. The van der Waals surface area contributed by atoms with Gasteiger partial charge in [0.25, 0.3) is 5.91 Å². The minimum absolute atomic E-state index is 0.00399. The van der Waals surface area contributed by atoms with Crippen LogP contribution in [0.1, 0.15) is 28.2 Å². The lowest BCUT2D eigenvalue weighted by Gasteiger charge is -2.16. The standard InChI is InChI=1S/C17H21FN4O/c1-11-16(17(23)21-8-7-13(9-19)10-21)12(2)22(20-11)15-5-3-14(18)4-6-15/h3-6,13H,7-10,19H2,1-2H3. The van der Waals surface area contributed by atoms with E-state index in [1.165, 1.54) is 12.1 Å². The summed E-state index contributed by atoms with van der Waals surface area (Å²) in [5.74, 6) is 0.0903. The SMILES string of the molecule is Cc1nn(-c2ccc(F)cc2)c(C)c1C(=O)N1CCC(CN)C1. The van der Waals surface area contributed by atoms with E-state index in [4.69, 9.17) is 5.73 Å². The van der Waals surface area contributed by atoms with Crippen LogP contribution in [0.2, 0.25) is 0 Å². The van der Waals surface area contributed by atoms with E-state index in [-0.39, 0.29) is 11.7 Å². The monoisotopic (exact) mass is 316 g/mol. The summed E-state index contributed by atoms with van der Waals surface area (Å²) < 4.78 is 14.8. The van der Waals surface area contributed by atoms with Crippen LogP contribution >= 0.6 is 0 Å². The molecule has 1 fully saturated rings. The lowest BCUT2D eigenvalue weighted by atomic mass is 10.1. The highest BCUT2D eigenvalue weighted by Crippen LogP contribution is 2.23. The molecule has 2 N–H and O–H groups in total. The number of amides is 1. The fourth-order valence-electron chi connectivity index (χ4n) is 3.15. The summed E-state index contributed by atoms with van der Waals surface area (Å²) >= 11 is 0. The molecule has 1 unspecified atom stereocenters. The summed E-state index contributed by atoms with van der Waals surface area (Å²) in [6.45, 7) is 5.75. The van der Waals surface area contributed by atoms with Gasteiger partial charge in [-0.25, -0.2) is 9.07 Å². The third-order valence-corrected chi connectivity index (χ3v) is 4.48. The Labute approximate surface area is 134 Å². The first-order valence-corrected chi connectivity index (χ1v) is 7.82. The summed E-state index contributed by atoms with van der Waals surface area (Å²) in [6.07, 6.45) is 0.951. The molecule has 0 bridgehead atoms. The van der Waals surface area contributed by atoms with E-state index in [0.717, 1.165) is 24.3 Å². The van der Waals surface area contributed by atoms with Crippen molar-refractivity contribution in [3.63, 3.8) is 0 Å². The van der Waals surface area contributed by atoms with Crippen molar-refractivity contribution in [1.82, 2.24) is 14.7 Å². The van der Waals surface area contributed by atoms with Gasteiger partial charge >= 0.3 is 0 Å². The molecule has 1 aromatic heterocycles. The molecular formula is C17H21FN4O. The van der Waals surface area contributed by atoms with Crippen molar-refractivity contribution >= 4 is 5.91 Å². The largest absolute Gasteiger partial charge is 0.338 e. The normalized spacial score (nSPS) is 17.7. The Morgan fingerprint density at radius 2 is 2.04 bits per heavy atom. The third-order valence-electron chi connectivity index (χ3n) is 4.48. The summed E-state index contributed by atoms with van der Waals surface area (Å²) in [7, 11) is 0. The fourth-order valence-corrected chi connectivity index (χ4v) is 3.15. The summed E-state index contributed by atoms with van der Waals surface area (Å²) in [5, 5.41) is 4.46. The van der Waals surface area contributed by atoms with E-state index in [1.54, 1.807) is 16.8 Å². The first-order chi connectivity index (χ1) is 11.0. The number of likely N-dealkylation sites (tertiary alicyclic amines) is 1. The molecule has 0 aliphatic carbocycles. The number of carbonyl (C=O) groups excluding carboxylic acids is 1. The number of hydrogen-bond acceptors (Lipinski definition) is 3. The highest BCUT2D eigenvalue weighted by atomic mass is 19.1. The molecule has 1 aliphatic rings. The predicted molar refractivity (Wildman–Crippen MR) is 86.1 cm³/mol. The molecule has 2 heterocycles. The minimum Gasteiger partial charge on any atom is -0.338 e. The fraction of sp³-hybridized carbons (Fsp3) is 0.412. The zero-order valence-corrected chi connectivity index (χ0v) is 13.4. The van der Waals surface area contributed by atoms with Crippen LogP contribution in [0, 0.1) is 25.6 Å². The zero-order chi connectivity index (χ0) is 16.6. The first-order valence-electron chi connectivity index (χ1n) is 7.82. The molecule has 6 heteroatoms. The van der Waals surface area contributed by atoms with Crippen molar-refractivity contribution in [2.45, 2.75) is 20.3 Å². The summed E-state index contributed by atoms with van der Waals surface area (Å²) in [6, 6.07) is 6.09. The van der Waals surface area contributed by atoms with Crippen LogP contribution in [0.25, 0.3) is 5.69 Å². The van der Waals surface area contributed by atoms with Crippen LogP contribution in [0.5, 0.6) is 0 Å². The maximum absolute atomic E-state index is 13.1. The minimum atomic E-state index is -0.295. The number of nitrogens with zero attached hydrogens (tertiary/aromatic N) is 3. The molecule has 1 atom stereocenters. The molecule has 1 aromatic carbocycles. The van der Waals surface area contributed by atoms with Gasteiger partial charge in [-0.3, -0.25) is 4.79 Å². The Kier molecular flexibility index (Phi) is 4.17. The maximum Gasteiger partial charge on any atom is 0.257 e. The maximum atomic E-state index is 13.1. The van der Waals surface area contributed by atoms with Gasteiger partial charge < -0.3 is 10.6 Å². The Morgan fingerprint density at radius 1 is 1.35 bits per heavy atom. The average Bonchev–Trinajstić information content (AvgIpc) is 3.13. The summed E-state index contributed by atoms with van der Waals surface area (Å²) in [5.41, 5.74) is 8.54. The van der Waals surface area contributed by atoms with E-state index in [1.807, 2.05) is 18.7 Å². The van der Waals surface area contributed by atoms with Gasteiger partial charge in [0, 0.05) is 13.1 Å². The first kappa shape index (κ1) is 15.7. The predicted octanol–water partition coefficient (Wildman–Crippen LogP) is 2.05. The van der Waals surface area contributed by atoms with Crippen LogP contribution < -0.4 is 5.73 Å². The number of rotatable bonds is 3. The van der Waals surface area contributed by atoms with Crippen LogP contribution in [-0.2, 0) is 0 Å². The van der Waals surface area contributed by atoms with Gasteiger partial charge in [0.2, 0.25) is 0 Å². The molecule has 23 heavy (non-hydrogen) atoms. The number of aryl methyl sites for hydroxylation is 1. The molecule has 1 amide bonds. The van der Waals surface area contributed by atoms with Gasteiger partial charge in [0.05, 0.1) is 22.6 Å². The topological polar surface area (TPSA) is 64.2 Å². The summed E-state index contributed by atoms with van der Waals surface area (Å²) in [4.78, 5) is 14.7. The molecule has 0 spiro atoms. The molecule has 1 aliphatic heterocycles. The number of halogens is 1. The number of aromatic nitrogens is 2. The molecule has 1 saturated heterocycles. The van der Waals surface area contributed by atoms with Crippen molar-refractivity contribution < 1.29 is 9.18 Å². The Hall–Kier alpha value is -2.21. The Balaban J connectivity index is 1.92. The van der Waals surface area contributed by atoms with E-state index >= 15 is 0 Å². The second kappa shape index (κ2) is 6.12. The van der Waals surface area contributed by atoms with Crippen LogP contribution in [0.3, 0.4) is 0 Å². The van der Waals surface area contributed by atoms with Gasteiger partial charge in [0.1, 0.15) is 5.82 Å². The Morgan fingerprint density at radius 3 is 2.65 bits per heavy atom. The van der Waals surface area contributed by atoms with Crippen molar-refractivity contribution in [2.24, 2.45) is 11.7 Å². The van der Waals surface area contributed by atoms with E-state index in [9.17, 15) is 9.18 Å². The van der Waals surface area contributed by atoms with Gasteiger partial charge in [-0.1, -0.05) is 0 Å². The highest BCUT2D eigenvalue weighted by molar-refractivity contribution is 5.96. The second-order valence-corrected chi connectivity index (χ2v) is 6.08. The molecule has 0 radical (unpaired) electrons. The smallest absolute Gasteiger partial charge is 0.257 e. The Bertz CT molecular complexity index is 723. The van der Waals surface area contributed by atoms with Crippen LogP contribution in [0.15, 0.2) is 24.3 Å². The number of nitrogens with two attached hydrogens (primary N) is 1. The van der Waals surface area contributed by atoms with Crippen molar-refractivity contribution in [2.75, 3.05) is 19.6 Å². The van der Waals surface area contributed by atoms with Crippen molar-refractivity contribution in [3.8, 4) is 5.69 Å². The number of hydrogen-bond donors (Lipinski definition) is 1. The third kappa shape index (κ3) is 2.86. The van der Waals surface area contributed by atoms with Gasteiger partial charge in [-0.2, -0.15) is 5.10 Å². The zero-order valence-electron chi connectivity index (χ0n) is 13.4. The molecule has 3 rings (SSSR count). The molecule has 5 nitrogen and oxygen atoms in total. The van der Waals surface area contributed by atoms with Gasteiger partial charge in [-0.05, 0) is 57.0 Å². The highest BCUT2D eigenvalue weighted by Gasteiger charge is 2.29. The van der Waals surface area contributed by atoms with Crippen molar-refractivity contribution in [3.05, 3.63) is 47.0 Å². The van der Waals surface area contributed by atoms with E-state index < -0.39 is 0 Å².